The van der Waals surface area contributed by atoms with E-state index in [2.05, 4.69) is 5.32 Å². The molecule has 110 valence electrons. The van der Waals surface area contributed by atoms with Crippen LogP contribution < -0.4 is 5.32 Å². The highest BCUT2D eigenvalue weighted by Gasteiger charge is 2.16. The van der Waals surface area contributed by atoms with Crippen LogP contribution in [0.15, 0.2) is 41.0 Å². The summed E-state index contributed by atoms with van der Waals surface area (Å²) >= 11 is 5.75. The van der Waals surface area contributed by atoms with E-state index in [9.17, 15) is 14.7 Å². The third-order valence-corrected chi connectivity index (χ3v) is 3.18. The van der Waals surface area contributed by atoms with Gasteiger partial charge in [0.25, 0.3) is 5.91 Å². The molecule has 0 saturated carbocycles. The van der Waals surface area contributed by atoms with Crippen molar-refractivity contribution in [2.45, 2.75) is 19.4 Å². The first-order chi connectivity index (χ1) is 9.97. The fourth-order valence-corrected chi connectivity index (χ4v) is 2.00. The Kier molecular flexibility index (Phi) is 4.65. The minimum absolute atomic E-state index is 0.0886. The number of carbonyl (C=O) groups is 2. The van der Waals surface area contributed by atoms with Crippen LogP contribution in [0.25, 0.3) is 0 Å². The molecule has 1 unspecified atom stereocenters. The first-order valence-corrected chi connectivity index (χ1v) is 6.71. The Morgan fingerprint density at radius 2 is 2.14 bits per heavy atom. The van der Waals surface area contributed by atoms with Gasteiger partial charge in [0.15, 0.2) is 11.5 Å². The lowest BCUT2D eigenvalue weighted by molar-refractivity contribution is 0.0907. The molecule has 0 spiro atoms. The summed E-state index contributed by atoms with van der Waals surface area (Å²) in [5.41, 5.74) is 0.315. The van der Waals surface area contributed by atoms with Crippen LogP contribution in [0.3, 0.4) is 0 Å². The summed E-state index contributed by atoms with van der Waals surface area (Å²) in [5, 5.41) is 12.1. The summed E-state index contributed by atoms with van der Waals surface area (Å²) in [4.78, 5) is 23.8. The van der Waals surface area contributed by atoms with Gasteiger partial charge in [0.1, 0.15) is 5.75 Å². The summed E-state index contributed by atoms with van der Waals surface area (Å²) < 4.78 is 5.01. The number of hydrogen-bond donors (Lipinski definition) is 2. The molecule has 2 rings (SSSR count). The van der Waals surface area contributed by atoms with Crippen LogP contribution in [0.1, 0.15) is 34.3 Å². The number of phenolic OH excluding ortho intramolecular Hbond substituents is 1. The van der Waals surface area contributed by atoms with E-state index in [0.29, 0.717) is 5.56 Å². The predicted octanol–water partition coefficient (Wildman–Crippen LogP) is 3.03. The maximum atomic E-state index is 12.0. The topological polar surface area (TPSA) is 79.5 Å². The second-order valence-corrected chi connectivity index (χ2v) is 5.05. The van der Waals surface area contributed by atoms with Gasteiger partial charge in [-0.2, -0.15) is 0 Å². The zero-order valence-corrected chi connectivity index (χ0v) is 12.1. The Balaban J connectivity index is 1.95. The molecule has 0 aliphatic heterocycles. The number of furan rings is 1. The highest BCUT2D eigenvalue weighted by Crippen LogP contribution is 2.23. The third kappa shape index (κ3) is 3.86. The van der Waals surface area contributed by atoms with Crippen molar-refractivity contribution in [1.29, 1.82) is 0 Å². The Morgan fingerprint density at radius 3 is 2.76 bits per heavy atom. The van der Waals surface area contributed by atoms with Gasteiger partial charge >= 0.3 is 0 Å². The Hall–Kier alpha value is -2.27. The Bertz CT molecular complexity index is 652. The molecule has 5 nitrogen and oxygen atoms in total. The molecule has 1 aromatic carbocycles. The third-order valence-electron chi connectivity index (χ3n) is 2.87. The van der Waals surface area contributed by atoms with Crippen LogP contribution in [0.5, 0.6) is 5.75 Å². The summed E-state index contributed by atoms with van der Waals surface area (Å²) in [7, 11) is 0. The van der Waals surface area contributed by atoms with Crippen LogP contribution in [-0.2, 0) is 0 Å². The average Bonchev–Trinajstić information content (AvgIpc) is 2.95. The van der Waals surface area contributed by atoms with Crippen molar-refractivity contribution in [2.75, 3.05) is 0 Å². The van der Waals surface area contributed by atoms with E-state index in [-0.39, 0.29) is 40.7 Å². The second-order valence-electron chi connectivity index (χ2n) is 4.65. The van der Waals surface area contributed by atoms with Gasteiger partial charge in [-0.15, -0.1) is 0 Å². The molecule has 1 aromatic heterocycles. The van der Waals surface area contributed by atoms with Crippen LogP contribution in [0, 0.1) is 0 Å². The molecule has 21 heavy (non-hydrogen) atoms. The zero-order chi connectivity index (χ0) is 15.4. The summed E-state index contributed by atoms with van der Waals surface area (Å²) in [6, 6.07) is 7.02. The second kappa shape index (κ2) is 6.45. The van der Waals surface area contributed by atoms with E-state index in [1.807, 2.05) is 0 Å². The maximum absolute atomic E-state index is 12.0. The Morgan fingerprint density at radius 1 is 1.38 bits per heavy atom. The van der Waals surface area contributed by atoms with Crippen molar-refractivity contribution in [3.8, 4) is 5.75 Å². The molecule has 1 heterocycles. The fourth-order valence-electron chi connectivity index (χ4n) is 1.82. The predicted molar refractivity (Wildman–Crippen MR) is 77.7 cm³/mol. The first-order valence-electron chi connectivity index (χ1n) is 6.33. The zero-order valence-electron chi connectivity index (χ0n) is 11.3. The Labute approximate surface area is 126 Å². The van der Waals surface area contributed by atoms with Gasteiger partial charge < -0.3 is 14.8 Å². The fraction of sp³-hybridized carbons (Fsp3) is 0.200. The van der Waals surface area contributed by atoms with Crippen molar-refractivity contribution < 1.29 is 19.1 Å². The molecule has 0 fully saturated rings. The number of amides is 1. The van der Waals surface area contributed by atoms with E-state index >= 15 is 0 Å². The number of Topliss-reactive ketones (excluding diaryl/α,β-unsaturated/α-hetero) is 1. The molecular weight excluding hydrogens is 294 g/mol. The highest BCUT2D eigenvalue weighted by molar-refractivity contribution is 6.32. The number of halogens is 1. The molecule has 0 aliphatic carbocycles. The van der Waals surface area contributed by atoms with Gasteiger partial charge in [-0.25, -0.2) is 0 Å². The number of hydrogen-bond acceptors (Lipinski definition) is 4. The first kappa shape index (κ1) is 15.1. The van der Waals surface area contributed by atoms with E-state index in [0.717, 1.165) is 0 Å². The molecule has 0 aliphatic rings. The molecule has 2 N–H and O–H groups in total. The van der Waals surface area contributed by atoms with Gasteiger partial charge in [-0.05, 0) is 37.3 Å². The van der Waals surface area contributed by atoms with Gasteiger partial charge in [-0.3, -0.25) is 9.59 Å². The lowest BCUT2D eigenvalue weighted by Gasteiger charge is -2.13. The minimum Gasteiger partial charge on any atom is -0.506 e. The molecule has 1 atom stereocenters. The summed E-state index contributed by atoms with van der Waals surface area (Å²) in [5.74, 6) is -0.369. The highest BCUT2D eigenvalue weighted by atomic mass is 35.5. The summed E-state index contributed by atoms with van der Waals surface area (Å²) in [6.45, 7) is 1.72. The van der Waals surface area contributed by atoms with Crippen molar-refractivity contribution in [2.24, 2.45) is 0 Å². The monoisotopic (exact) mass is 307 g/mol. The minimum atomic E-state index is -0.364. The van der Waals surface area contributed by atoms with Crippen molar-refractivity contribution >= 4 is 23.3 Å². The van der Waals surface area contributed by atoms with Gasteiger partial charge in [0.05, 0.1) is 11.3 Å². The number of nitrogens with one attached hydrogen (secondary N) is 1. The summed E-state index contributed by atoms with van der Waals surface area (Å²) in [6.07, 6.45) is 1.56. The molecule has 2 aromatic rings. The molecule has 0 saturated heterocycles. The largest absolute Gasteiger partial charge is 0.506 e. The normalized spacial score (nSPS) is 11.9. The van der Waals surface area contributed by atoms with Crippen molar-refractivity contribution in [3.63, 3.8) is 0 Å². The van der Waals surface area contributed by atoms with E-state index in [1.165, 1.54) is 24.5 Å². The van der Waals surface area contributed by atoms with Crippen LogP contribution in [0.2, 0.25) is 5.02 Å². The maximum Gasteiger partial charge on any atom is 0.251 e. The number of carbonyl (C=O) groups excluding carboxylic acids is 2. The number of ketones is 1. The lowest BCUT2D eigenvalue weighted by atomic mass is 10.1. The van der Waals surface area contributed by atoms with E-state index in [4.69, 9.17) is 16.0 Å². The van der Waals surface area contributed by atoms with Crippen LogP contribution in [-0.4, -0.2) is 22.8 Å². The van der Waals surface area contributed by atoms with Crippen LogP contribution >= 0.6 is 11.6 Å². The molecule has 6 heteroatoms. The molecular formula is C15H14ClNO4. The van der Waals surface area contributed by atoms with Gasteiger partial charge in [-0.1, -0.05) is 11.6 Å². The lowest BCUT2D eigenvalue weighted by Crippen LogP contribution is -2.34. The van der Waals surface area contributed by atoms with Crippen LogP contribution in [0.4, 0.5) is 0 Å². The van der Waals surface area contributed by atoms with Crippen molar-refractivity contribution in [1.82, 2.24) is 5.32 Å². The van der Waals surface area contributed by atoms with E-state index < -0.39 is 0 Å². The SMILES string of the molecule is CC(CC(=O)c1ccco1)NC(=O)c1ccc(O)c(Cl)c1. The quantitative estimate of drug-likeness (QED) is 0.832. The molecule has 1 amide bonds. The molecule has 0 bridgehead atoms. The van der Waals surface area contributed by atoms with E-state index in [1.54, 1.807) is 19.1 Å². The van der Waals surface area contributed by atoms with Gasteiger partial charge in [0.2, 0.25) is 0 Å². The smallest absolute Gasteiger partial charge is 0.251 e. The van der Waals surface area contributed by atoms with Gasteiger partial charge in [0, 0.05) is 18.0 Å². The molecule has 0 radical (unpaired) electrons. The number of benzene rings is 1. The number of rotatable bonds is 5. The number of phenols is 1. The average molecular weight is 308 g/mol. The van der Waals surface area contributed by atoms with Crippen molar-refractivity contribution in [3.05, 3.63) is 52.9 Å². The number of aromatic hydroxyl groups is 1. The standard InChI is InChI=1S/C15H14ClNO4/c1-9(7-13(19)14-3-2-6-21-14)17-15(20)10-4-5-12(18)11(16)8-10/h2-6,8-9,18H,7H2,1H3,(H,17,20).